The van der Waals surface area contributed by atoms with Gasteiger partial charge in [-0.05, 0) is 36.6 Å². The molecule has 0 aliphatic carbocycles. The summed E-state index contributed by atoms with van der Waals surface area (Å²) in [6.07, 6.45) is 1.56. The molecule has 0 N–H and O–H groups in total. The number of aryl methyl sites for hydroxylation is 1. The van der Waals surface area contributed by atoms with Gasteiger partial charge in [-0.3, -0.25) is 0 Å². The molecule has 4 nitrogen and oxygen atoms in total. The Hall–Kier alpha value is -1.92. The lowest BCUT2D eigenvalue weighted by molar-refractivity contribution is -0.135. The normalized spacial score (nSPS) is 12.2. The van der Waals surface area contributed by atoms with Crippen LogP contribution in [-0.4, -0.2) is 27.2 Å². The fraction of sp³-hybridized carbons (Fsp3) is 0.188. The molecule has 0 spiro atoms. The van der Waals surface area contributed by atoms with Crippen LogP contribution in [0, 0.1) is 6.92 Å². The molecule has 0 bridgehead atoms. The van der Waals surface area contributed by atoms with Crippen molar-refractivity contribution in [1.29, 1.82) is 0 Å². The van der Waals surface area contributed by atoms with Gasteiger partial charge in [0.25, 0.3) is 0 Å². The van der Waals surface area contributed by atoms with Crippen molar-refractivity contribution in [3.05, 3.63) is 57.8 Å². The van der Waals surface area contributed by atoms with Gasteiger partial charge in [-0.2, -0.15) is 0 Å². The number of benzene rings is 1. The zero-order chi connectivity index (χ0) is 16.2. The minimum absolute atomic E-state index is 0.116. The first-order valence-corrected chi connectivity index (χ1v) is 9.07. The molecule has 116 valence electrons. The van der Waals surface area contributed by atoms with E-state index in [9.17, 15) is 13.2 Å². The molecule has 6 heteroatoms. The number of methoxy groups -OCH3 is 1. The van der Waals surface area contributed by atoms with Gasteiger partial charge in [0.15, 0.2) is 9.84 Å². The molecule has 0 fully saturated rings. The molecule has 0 saturated heterocycles. The number of sulfone groups is 1. The third-order valence-corrected chi connectivity index (χ3v) is 5.53. The zero-order valence-electron chi connectivity index (χ0n) is 12.3. The van der Waals surface area contributed by atoms with Crippen LogP contribution >= 0.6 is 11.3 Å². The summed E-state index contributed by atoms with van der Waals surface area (Å²) in [4.78, 5) is 12.8. The summed E-state index contributed by atoms with van der Waals surface area (Å²) in [7, 11) is -2.36. The average Bonchev–Trinajstić information content (AvgIpc) is 2.99. The van der Waals surface area contributed by atoms with Gasteiger partial charge in [0.1, 0.15) is 0 Å². The lowest BCUT2D eigenvalue weighted by Crippen LogP contribution is -2.16. The van der Waals surface area contributed by atoms with Crippen LogP contribution in [0.25, 0.3) is 6.08 Å². The lowest BCUT2D eigenvalue weighted by Gasteiger charge is -2.07. The third-order valence-electron chi connectivity index (χ3n) is 3.03. The van der Waals surface area contributed by atoms with E-state index in [4.69, 9.17) is 4.74 Å². The molecule has 2 rings (SSSR count). The van der Waals surface area contributed by atoms with Gasteiger partial charge in [0.2, 0.25) is 0 Å². The highest BCUT2D eigenvalue weighted by Crippen LogP contribution is 2.19. The SMILES string of the molecule is COC(=O)/C(=C/c1cccs1)CS(=O)(=O)c1ccc(C)cc1. The first kappa shape index (κ1) is 16.5. The lowest BCUT2D eigenvalue weighted by atomic mass is 10.2. The fourth-order valence-electron chi connectivity index (χ4n) is 1.87. The Bertz CT molecular complexity index is 770. The van der Waals surface area contributed by atoms with Gasteiger partial charge in [-0.15, -0.1) is 11.3 Å². The Morgan fingerprint density at radius 3 is 2.45 bits per heavy atom. The molecule has 1 aromatic carbocycles. The summed E-state index contributed by atoms with van der Waals surface area (Å²) < 4.78 is 29.6. The molecule has 0 atom stereocenters. The summed E-state index contributed by atoms with van der Waals surface area (Å²) >= 11 is 1.42. The minimum atomic E-state index is -3.60. The average molecular weight is 336 g/mol. The van der Waals surface area contributed by atoms with E-state index in [1.165, 1.54) is 18.4 Å². The van der Waals surface area contributed by atoms with Crippen molar-refractivity contribution < 1.29 is 17.9 Å². The highest BCUT2D eigenvalue weighted by Gasteiger charge is 2.21. The number of carbonyl (C=O) groups is 1. The molecule has 22 heavy (non-hydrogen) atoms. The van der Waals surface area contributed by atoms with E-state index in [1.807, 2.05) is 24.4 Å². The van der Waals surface area contributed by atoms with E-state index in [1.54, 1.807) is 30.3 Å². The molecule has 1 aromatic heterocycles. The summed E-state index contributed by atoms with van der Waals surface area (Å²) in [5.41, 5.74) is 1.09. The van der Waals surface area contributed by atoms with E-state index in [-0.39, 0.29) is 16.2 Å². The summed E-state index contributed by atoms with van der Waals surface area (Å²) in [6.45, 7) is 1.88. The predicted octanol–water partition coefficient (Wildman–Crippen LogP) is 3.09. The largest absolute Gasteiger partial charge is 0.466 e. The maximum Gasteiger partial charge on any atom is 0.334 e. The molecule has 0 unspecified atom stereocenters. The Kier molecular flexibility index (Phi) is 5.15. The molecule has 0 aliphatic rings. The van der Waals surface area contributed by atoms with Crippen LogP contribution in [0.3, 0.4) is 0 Å². The van der Waals surface area contributed by atoms with Gasteiger partial charge >= 0.3 is 5.97 Å². The van der Waals surface area contributed by atoms with Crippen molar-refractivity contribution in [3.63, 3.8) is 0 Å². The Labute approximate surface area is 134 Å². The van der Waals surface area contributed by atoms with Crippen LogP contribution in [0.4, 0.5) is 0 Å². The fourth-order valence-corrected chi connectivity index (χ4v) is 3.88. The standard InChI is InChI=1S/C16H16O4S2/c1-12-5-7-15(8-6-12)22(18,19)11-13(16(17)20-2)10-14-4-3-9-21-14/h3-10H,11H2,1-2H3/b13-10+. The molecule has 0 radical (unpaired) electrons. The Morgan fingerprint density at radius 2 is 1.91 bits per heavy atom. The van der Waals surface area contributed by atoms with E-state index in [0.29, 0.717) is 0 Å². The van der Waals surface area contributed by atoms with Crippen LogP contribution in [0.2, 0.25) is 0 Å². The second-order valence-electron chi connectivity index (χ2n) is 4.75. The van der Waals surface area contributed by atoms with E-state index < -0.39 is 15.8 Å². The molecule has 0 saturated carbocycles. The van der Waals surface area contributed by atoms with Crippen LogP contribution in [0.5, 0.6) is 0 Å². The van der Waals surface area contributed by atoms with E-state index >= 15 is 0 Å². The second kappa shape index (κ2) is 6.89. The topological polar surface area (TPSA) is 60.4 Å². The predicted molar refractivity (Wildman–Crippen MR) is 87.5 cm³/mol. The smallest absolute Gasteiger partial charge is 0.334 e. The highest BCUT2D eigenvalue weighted by molar-refractivity contribution is 7.91. The summed E-state index contributed by atoms with van der Waals surface area (Å²) in [5, 5.41) is 1.86. The molecular formula is C16H16O4S2. The molecule has 0 amide bonds. The first-order valence-electron chi connectivity index (χ1n) is 6.54. The van der Waals surface area contributed by atoms with Gasteiger partial charge in [0.05, 0.1) is 23.3 Å². The quantitative estimate of drug-likeness (QED) is 0.622. The van der Waals surface area contributed by atoms with Crippen molar-refractivity contribution >= 4 is 33.2 Å². The molecule has 0 aliphatic heterocycles. The summed E-state index contributed by atoms with van der Waals surface area (Å²) in [5.74, 6) is -1.02. The van der Waals surface area contributed by atoms with Crippen LogP contribution in [-0.2, 0) is 19.4 Å². The highest BCUT2D eigenvalue weighted by atomic mass is 32.2. The van der Waals surface area contributed by atoms with Crippen molar-refractivity contribution in [3.8, 4) is 0 Å². The van der Waals surface area contributed by atoms with Crippen molar-refractivity contribution in [2.75, 3.05) is 12.9 Å². The first-order chi connectivity index (χ1) is 10.4. The maximum atomic E-state index is 12.5. The monoisotopic (exact) mass is 336 g/mol. The number of hydrogen-bond acceptors (Lipinski definition) is 5. The van der Waals surface area contributed by atoms with Gasteiger partial charge < -0.3 is 4.74 Å². The van der Waals surface area contributed by atoms with Gasteiger partial charge in [0, 0.05) is 4.88 Å². The summed E-state index contributed by atoms with van der Waals surface area (Å²) in [6, 6.07) is 10.2. The Morgan fingerprint density at radius 1 is 1.23 bits per heavy atom. The van der Waals surface area contributed by atoms with E-state index in [2.05, 4.69) is 0 Å². The minimum Gasteiger partial charge on any atom is -0.466 e. The van der Waals surface area contributed by atoms with Gasteiger partial charge in [-0.25, -0.2) is 13.2 Å². The number of thiophene rings is 1. The van der Waals surface area contributed by atoms with Crippen LogP contribution in [0.1, 0.15) is 10.4 Å². The van der Waals surface area contributed by atoms with Crippen molar-refractivity contribution in [2.24, 2.45) is 0 Å². The zero-order valence-corrected chi connectivity index (χ0v) is 13.9. The third kappa shape index (κ3) is 4.05. The second-order valence-corrected chi connectivity index (χ2v) is 7.72. The van der Waals surface area contributed by atoms with Crippen LogP contribution < -0.4 is 0 Å². The number of carbonyl (C=O) groups excluding carboxylic acids is 1. The van der Waals surface area contributed by atoms with Gasteiger partial charge in [-0.1, -0.05) is 23.8 Å². The number of esters is 1. The van der Waals surface area contributed by atoms with E-state index in [0.717, 1.165) is 10.4 Å². The number of rotatable bonds is 5. The number of hydrogen-bond donors (Lipinski definition) is 0. The van der Waals surface area contributed by atoms with Crippen molar-refractivity contribution in [1.82, 2.24) is 0 Å². The molecular weight excluding hydrogens is 320 g/mol. The van der Waals surface area contributed by atoms with Crippen LogP contribution in [0.15, 0.2) is 52.2 Å². The Balaban J connectivity index is 2.34. The number of ether oxygens (including phenoxy) is 1. The molecule has 2 aromatic rings. The molecule has 1 heterocycles. The maximum absolute atomic E-state index is 12.5. The van der Waals surface area contributed by atoms with Crippen molar-refractivity contribution in [2.45, 2.75) is 11.8 Å².